The fourth-order valence-electron chi connectivity index (χ4n) is 4.76. The lowest BCUT2D eigenvalue weighted by Gasteiger charge is -2.21. The quantitative estimate of drug-likeness (QED) is 0.289. The number of hydrogen-bond acceptors (Lipinski definition) is 4. The first-order valence-electron chi connectivity index (χ1n) is 11.8. The Bertz CT molecular complexity index is 1110. The smallest absolute Gasteiger partial charge is 0.144 e. The van der Waals surface area contributed by atoms with Crippen LogP contribution in [0.15, 0.2) is 43.1 Å². The average molecular weight is 447 g/mol. The van der Waals surface area contributed by atoms with E-state index in [-0.39, 0.29) is 6.04 Å². The van der Waals surface area contributed by atoms with Gasteiger partial charge in [-0.05, 0) is 31.2 Å². The van der Waals surface area contributed by atoms with Crippen LogP contribution in [0.3, 0.4) is 0 Å². The van der Waals surface area contributed by atoms with Crippen LogP contribution in [0.2, 0.25) is 25.7 Å². The van der Waals surface area contributed by atoms with Crippen LogP contribution in [0.25, 0.3) is 22.3 Å². The van der Waals surface area contributed by atoms with Crippen molar-refractivity contribution in [3.05, 3.63) is 43.1 Å². The summed E-state index contributed by atoms with van der Waals surface area (Å²) in [5.74, 6) is 0.543. The third-order valence-electron chi connectivity index (χ3n) is 6.54. The van der Waals surface area contributed by atoms with E-state index in [2.05, 4.69) is 76.0 Å². The Labute approximate surface area is 192 Å². The highest BCUT2D eigenvalue weighted by Crippen LogP contribution is 2.36. The summed E-state index contributed by atoms with van der Waals surface area (Å²) in [6.45, 7) is 8.06. The number of nitriles is 1. The van der Waals surface area contributed by atoms with Gasteiger partial charge in [0.25, 0.3) is 0 Å². The fourth-order valence-corrected chi connectivity index (χ4v) is 5.79. The van der Waals surface area contributed by atoms with E-state index in [4.69, 9.17) is 0 Å². The van der Waals surface area contributed by atoms with E-state index in [1.54, 1.807) is 6.33 Å². The molecule has 0 amide bonds. The molecular weight excluding hydrogens is 412 g/mol. The highest BCUT2D eigenvalue weighted by Gasteiger charge is 2.27. The molecule has 3 aromatic rings. The van der Waals surface area contributed by atoms with Gasteiger partial charge in [0.15, 0.2) is 0 Å². The number of aromatic nitrogens is 5. The molecule has 32 heavy (non-hydrogen) atoms. The van der Waals surface area contributed by atoms with E-state index in [0.29, 0.717) is 12.3 Å². The van der Waals surface area contributed by atoms with Crippen molar-refractivity contribution in [1.29, 1.82) is 5.26 Å². The number of allylic oxidation sites excluding steroid dienone is 2. The van der Waals surface area contributed by atoms with Gasteiger partial charge in [0.1, 0.15) is 12.0 Å². The summed E-state index contributed by atoms with van der Waals surface area (Å²) in [4.78, 5) is 9.14. The van der Waals surface area contributed by atoms with Gasteiger partial charge in [0.05, 0.1) is 30.4 Å². The monoisotopic (exact) mass is 446 g/mol. The van der Waals surface area contributed by atoms with Gasteiger partial charge in [-0.3, -0.25) is 4.68 Å². The zero-order valence-electron chi connectivity index (χ0n) is 19.5. The van der Waals surface area contributed by atoms with E-state index < -0.39 is 8.07 Å². The summed E-state index contributed by atoms with van der Waals surface area (Å²) in [6.07, 6.45) is 18.8. The molecule has 7 heteroatoms. The van der Waals surface area contributed by atoms with Crippen molar-refractivity contribution in [2.45, 2.75) is 76.8 Å². The van der Waals surface area contributed by atoms with Crippen LogP contribution in [-0.2, 0) is 6.54 Å². The van der Waals surface area contributed by atoms with Crippen LogP contribution in [0, 0.1) is 17.2 Å². The molecule has 6 nitrogen and oxygen atoms in total. The number of hydrogen-bond donors (Lipinski definition) is 0. The van der Waals surface area contributed by atoms with Crippen molar-refractivity contribution in [3.8, 4) is 17.3 Å². The predicted octanol–water partition coefficient (Wildman–Crippen LogP) is 6.22. The lowest BCUT2D eigenvalue weighted by molar-refractivity contribution is 0.315. The zero-order chi connectivity index (χ0) is 22.6. The molecule has 1 unspecified atom stereocenters. The van der Waals surface area contributed by atoms with Crippen LogP contribution in [0.4, 0.5) is 0 Å². The normalized spacial score (nSPS) is 16.2. The van der Waals surface area contributed by atoms with Crippen molar-refractivity contribution >= 4 is 19.1 Å². The molecule has 0 radical (unpaired) electrons. The lowest BCUT2D eigenvalue weighted by atomic mass is 9.96. The maximum Gasteiger partial charge on any atom is 0.144 e. The number of fused-ring (bicyclic) bond motifs is 1. The first-order valence-corrected chi connectivity index (χ1v) is 15.5. The van der Waals surface area contributed by atoms with Crippen LogP contribution >= 0.6 is 0 Å². The van der Waals surface area contributed by atoms with E-state index in [1.165, 1.54) is 31.7 Å². The SMILES string of the molecule is C[Si](C)(C)CC/C=C\Cn1ccc2c(-c3cnn(C(CC#N)C4CCCC4)c3)ncnc21. The Balaban J connectivity index is 1.53. The molecule has 0 saturated heterocycles. The molecule has 1 aliphatic carbocycles. The van der Waals surface area contributed by atoms with Gasteiger partial charge < -0.3 is 4.57 Å². The van der Waals surface area contributed by atoms with Gasteiger partial charge >= 0.3 is 0 Å². The molecule has 1 fully saturated rings. The topological polar surface area (TPSA) is 72.3 Å². The molecule has 0 aromatic carbocycles. The molecular formula is C25H34N6Si. The molecule has 1 atom stereocenters. The van der Waals surface area contributed by atoms with Gasteiger partial charge in [-0.1, -0.05) is 50.7 Å². The highest BCUT2D eigenvalue weighted by atomic mass is 28.3. The van der Waals surface area contributed by atoms with E-state index in [9.17, 15) is 5.26 Å². The van der Waals surface area contributed by atoms with Crippen LogP contribution < -0.4 is 0 Å². The summed E-state index contributed by atoms with van der Waals surface area (Å²) in [5, 5.41) is 15.0. The maximum atomic E-state index is 9.35. The van der Waals surface area contributed by atoms with Crippen LogP contribution in [0.5, 0.6) is 0 Å². The standard InChI is InChI=1S/C25H34N6Si/c1-32(2,3)16-8-4-7-14-30-15-12-22-24(27-19-28-25(22)30)21-17-29-31(18-21)23(11-13-26)20-9-5-6-10-20/h4,7,12,15,17-20,23H,5-6,8-11,14,16H2,1-3H3/b7-4-. The third-order valence-corrected chi connectivity index (χ3v) is 8.33. The van der Waals surface area contributed by atoms with Gasteiger partial charge in [0, 0.05) is 38.0 Å². The molecule has 4 rings (SSSR count). The Kier molecular flexibility index (Phi) is 6.90. The predicted molar refractivity (Wildman–Crippen MR) is 132 cm³/mol. The largest absolute Gasteiger partial charge is 0.329 e. The summed E-state index contributed by atoms with van der Waals surface area (Å²) in [6, 6.07) is 5.94. The summed E-state index contributed by atoms with van der Waals surface area (Å²) < 4.78 is 4.17. The summed E-state index contributed by atoms with van der Waals surface area (Å²) >= 11 is 0. The number of rotatable bonds is 9. The minimum Gasteiger partial charge on any atom is -0.329 e. The first-order chi connectivity index (χ1) is 15.5. The fraction of sp³-hybridized carbons (Fsp3) is 0.520. The molecule has 3 heterocycles. The van der Waals surface area contributed by atoms with Gasteiger partial charge in [-0.2, -0.15) is 10.4 Å². The molecule has 1 saturated carbocycles. The van der Waals surface area contributed by atoms with Gasteiger partial charge in [0.2, 0.25) is 0 Å². The molecule has 3 aromatic heterocycles. The van der Waals surface area contributed by atoms with Crippen molar-refractivity contribution in [2.24, 2.45) is 5.92 Å². The third kappa shape index (κ3) is 5.18. The second-order valence-electron chi connectivity index (χ2n) is 10.2. The first kappa shape index (κ1) is 22.5. The van der Waals surface area contributed by atoms with Gasteiger partial charge in [-0.15, -0.1) is 0 Å². The van der Waals surface area contributed by atoms with Crippen molar-refractivity contribution < 1.29 is 0 Å². The Morgan fingerprint density at radius 3 is 2.78 bits per heavy atom. The van der Waals surface area contributed by atoms with Crippen molar-refractivity contribution in [2.75, 3.05) is 0 Å². The van der Waals surface area contributed by atoms with Crippen LogP contribution in [0.1, 0.15) is 44.6 Å². The van der Waals surface area contributed by atoms with E-state index in [1.807, 2.05) is 10.9 Å². The molecule has 0 bridgehead atoms. The Hall–Kier alpha value is -2.72. The second-order valence-corrected chi connectivity index (χ2v) is 15.8. The van der Waals surface area contributed by atoms with Gasteiger partial charge in [-0.25, -0.2) is 9.97 Å². The van der Waals surface area contributed by atoms with Crippen LogP contribution in [-0.4, -0.2) is 32.4 Å². The Morgan fingerprint density at radius 2 is 2.03 bits per heavy atom. The molecule has 168 valence electrons. The second kappa shape index (κ2) is 9.82. The lowest BCUT2D eigenvalue weighted by Crippen LogP contribution is -2.18. The molecule has 0 aliphatic heterocycles. The summed E-state index contributed by atoms with van der Waals surface area (Å²) in [5.41, 5.74) is 2.84. The van der Waals surface area contributed by atoms with E-state index >= 15 is 0 Å². The van der Waals surface area contributed by atoms with Crippen molar-refractivity contribution in [1.82, 2.24) is 24.3 Å². The Morgan fingerprint density at radius 1 is 1.22 bits per heavy atom. The minimum atomic E-state index is -0.987. The summed E-state index contributed by atoms with van der Waals surface area (Å²) in [7, 11) is -0.987. The molecule has 0 N–H and O–H groups in total. The number of nitrogens with zero attached hydrogens (tertiary/aromatic N) is 6. The minimum absolute atomic E-state index is 0.152. The molecule has 0 spiro atoms. The molecule has 1 aliphatic rings. The van der Waals surface area contributed by atoms with Crippen molar-refractivity contribution in [3.63, 3.8) is 0 Å². The zero-order valence-corrected chi connectivity index (χ0v) is 20.5. The maximum absolute atomic E-state index is 9.35. The average Bonchev–Trinajstić information content (AvgIpc) is 3.51. The highest BCUT2D eigenvalue weighted by molar-refractivity contribution is 6.76. The van der Waals surface area contributed by atoms with E-state index in [0.717, 1.165) is 35.3 Å².